The van der Waals surface area contributed by atoms with Crippen molar-refractivity contribution in [3.05, 3.63) is 29.3 Å². The molecule has 1 aliphatic rings. The minimum absolute atomic E-state index is 0.286. The molecule has 5 nitrogen and oxygen atoms in total. The van der Waals surface area contributed by atoms with Crippen LogP contribution in [0.1, 0.15) is 24.8 Å². The van der Waals surface area contributed by atoms with Gasteiger partial charge in [0.15, 0.2) is 6.04 Å². The van der Waals surface area contributed by atoms with Crippen molar-refractivity contribution >= 4 is 50.4 Å². The smallest absolute Gasteiger partial charge is 0.331 e. The highest BCUT2D eigenvalue weighted by Gasteiger charge is 2.24. The summed E-state index contributed by atoms with van der Waals surface area (Å²) in [7, 11) is 1.39. The molecule has 0 bridgehead atoms. The Labute approximate surface area is 155 Å². The van der Waals surface area contributed by atoms with Gasteiger partial charge in [0.2, 0.25) is 0 Å². The van der Waals surface area contributed by atoms with E-state index in [-0.39, 0.29) is 5.97 Å². The van der Waals surface area contributed by atoms with Gasteiger partial charge in [-0.2, -0.15) is 0 Å². The van der Waals surface area contributed by atoms with Gasteiger partial charge in [0, 0.05) is 5.75 Å². The fourth-order valence-electron chi connectivity index (χ4n) is 2.30. The summed E-state index contributed by atoms with van der Waals surface area (Å²) in [6.45, 7) is 2.89. The average molecular weight is 377 g/mol. The number of aromatic nitrogens is 1. The van der Waals surface area contributed by atoms with Crippen molar-refractivity contribution < 1.29 is 14.3 Å². The van der Waals surface area contributed by atoms with E-state index in [9.17, 15) is 4.79 Å². The molecule has 0 N–H and O–H groups in total. The molecule has 3 rings (SSSR count). The Balaban J connectivity index is 1.68. The van der Waals surface area contributed by atoms with Crippen molar-refractivity contribution in [1.82, 2.24) is 4.98 Å². The van der Waals surface area contributed by atoms with Crippen molar-refractivity contribution in [2.45, 2.75) is 25.8 Å². The zero-order chi connectivity index (χ0) is 17.6. The van der Waals surface area contributed by atoms with Gasteiger partial charge >= 0.3 is 5.97 Å². The van der Waals surface area contributed by atoms with E-state index in [1.165, 1.54) is 7.11 Å². The van der Waals surface area contributed by atoms with Crippen LogP contribution in [0.25, 0.3) is 16.3 Å². The van der Waals surface area contributed by atoms with Crippen molar-refractivity contribution in [3.63, 3.8) is 0 Å². The lowest BCUT2D eigenvalue weighted by atomic mass is 10.3. The van der Waals surface area contributed by atoms with Crippen LogP contribution in [0.2, 0.25) is 0 Å². The van der Waals surface area contributed by atoms with Gasteiger partial charge in [-0.3, -0.25) is 4.99 Å². The van der Waals surface area contributed by atoms with Crippen LogP contribution in [-0.4, -0.2) is 41.5 Å². The molecule has 0 radical (unpaired) electrons. The standard InChI is InChI=1S/C18H20N2O3S2/c1-3-4-9-23-12-5-6-13-15(10-12)25-17(19-13)8-7-16-20-14(11-24-16)18(21)22-2/h5-8,10,14H,3-4,9,11H2,1-2H3/b8-7+/t14-/m1/s1. The Bertz CT molecular complexity index is 814. The highest BCUT2D eigenvalue weighted by Crippen LogP contribution is 2.28. The van der Waals surface area contributed by atoms with Crippen LogP contribution in [0.4, 0.5) is 0 Å². The molecule has 0 saturated heterocycles. The van der Waals surface area contributed by atoms with E-state index in [0.29, 0.717) is 5.75 Å². The van der Waals surface area contributed by atoms with E-state index in [1.807, 2.05) is 30.4 Å². The summed E-state index contributed by atoms with van der Waals surface area (Å²) in [4.78, 5) is 20.4. The van der Waals surface area contributed by atoms with E-state index in [2.05, 4.69) is 16.9 Å². The summed E-state index contributed by atoms with van der Waals surface area (Å²) in [5.41, 5.74) is 0.959. The number of unbranched alkanes of at least 4 members (excludes halogenated alkanes) is 1. The van der Waals surface area contributed by atoms with Gasteiger partial charge in [-0.15, -0.1) is 23.1 Å². The van der Waals surface area contributed by atoms with Crippen LogP contribution < -0.4 is 4.74 Å². The second kappa shape index (κ2) is 8.49. The molecule has 1 atom stereocenters. The monoisotopic (exact) mass is 376 g/mol. The van der Waals surface area contributed by atoms with Crippen LogP contribution >= 0.6 is 23.1 Å². The summed E-state index contributed by atoms with van der Waals surface area (Å²) in [6, 6.07) is 5.59. The molecule has 0 amide bonds. The van der Waals surface area contributed by atoms with Gasteiger partial charge in [0.25, 0.3) is 0 Å². The second-order valence-electron chi connectivity index (χ2n) is 5.53. The number of aliphatic imine (C=N–C) groups is 1. The van der Waals surface area contributed by atoms with Crippen molar-refractivity contribution in [1.29, 1.82) is 0 Å². The number of hydrogen-bond acceptors (Lipinski definition) is 7. The van der Waals surface area contributed by atoms with Gasteiger partial charge in [-0.1, -0.05) is 13.3 Å². The third kappa shape index (κ3) is 4.61. The number of methoxy groups -OCH3 is 1. The Hall–Kier alpha value is -1.86. The van der Waals surface area contributed by atoms with Crippen LogP contribution in [0, 0.1) is 0 Å². The minimum atomic E-state index is -0.396. The van der Waals surface area contributed by atoms with E-state index < -0.39 is 6.04 Å². The third-order valence-corrected chi connectivity index (χ3v) is 5.66. The molecule has 0 saturated carbocycles. The van der Waals surface area contributed by atoms with Crippen molar-refractivity contribution in [2.24, 2.45) is 4.99 Å². The summed E-state index contributed by atoms with van der Waals surface area (Å²) < 4.78 is 11.6. The predicted molar refractivity (Wildman–Crippen MR) is 105 cm³/mol. The first-order chi connectivity index (χ1) is 12.2. The number of benzene rings is 1. The summed E-state index contributed by atoms with van der Waals surface area (Å²) in [5, 5.41) is 1.74. The first kappa shape index (κ1) is 17.9. The fourth-order valence-corrected chi connectivity index (χ4v) is 4.11. The summed E-state index contributed by atoms with van der Waals surface area (Å²) >= 11 is 3.16. The molecular formula is C18H20N2O3S2. The van der Waals surface area contributed by atoms with Crippen LogP contribution in [-0.2, 0) is 9.53 Å². The van der Waals surface area contributed by atoms with Gasteiger partial charge in [0.1, 0.15) is 10.8 Å². The van der Waals surface area contributed by atoms with E-state index in [0.717, 1.165) is 45.5 Å². The zero-order valence-electron chi connectivity index (χ0n) is 14.2. The summed E-state index contributed by atoms with van der Waals surface area (Å²) in [6.07, 6.45) is 6.02. The quantitative estimate of drug-likeness (QED) is 0.536. The zero-order valence-corrected chi connectivity index (χ0v) is 15.9. The largest absolute Gasteiger partial charge is 0.494 e. The highest BCUT2D eigenvalue weighted by molar-refractivity contribution is 8.14. The lowest BCUT2D eigenvalue weighted by molar-refractivity contribution is -0.141. The molecule has 25 heavy (non-hydrogen) atoms. The van der Waals surface area contributed by atoms with E-state index in [1.54, 1.807) is 23.1 Å². The average Bonchev–Trinajstić information content (AvgIpc) is 3.25. The molecule has 0 unspecified atom stereocenters. The molecule has 0 spiro atoms. The molecule has 1 aromatic heterocycles. The van der Waals surface area contributed by atoms with Gasteiger partial charge in [-0.25, -0.2) is 9.78 Å². The number of carbonyl (C=O) groups excluding carboxylic acids is 1. The fraction of sp³-hybridized carbons (Fsp3) is 0.389. The normalized spacial score (nSPS) is 17.2. The Morgan fingerprint density at radius 2 is 2.28 bits per heavy atom. The number of hydrogen-bond donors (Lipinski definition) is 0. The molecular weight excluding hydrogens is 356 g/mol. The molecule has 1 aromatic carbocycles. The molecule has 132 valence electrons. The number of esters is 1. The van der Waals surface area contributed by atoms with Crippen LogP contribution in [0.15, 0.2) is 29.3 Å². The maximum atomic E-state index is 11.5. The number of thioether (sulfide) groups is 1. The third-order valence-electron chi connectivity index (χ3n) is 3.66. The molecule has 1 aliphatic heterocycles. The van der Waals surface area contributed by atoms with E-state index >= 15 is 0 Å². The first-order valence-electron chi connectivity index (χ1n) is 8.19. The second-order valence-corrected chi connectivity index (χ2v) is 7.64. The minimum Gasteiger partial charge on any atom is -0.494 e. The number of fused-ring (bicyclic) bond motifs is 1. The molecule has 0 fully saturated rings. The number of rotatable bonds is 7. The Kier molecular flexibility index (Phi) is 6.09. The Morgan fingerprint density at radius 3 is 3.08 bits per heavy atom. The van der Waals surface area contributed by atoms with Crippen molar-refractivity contribution in [3.8, 4) is 5.75 Å². The maximum absolute atomic E-state index is 11.5. The summed E-state index contributed by atoms with van der Waals surface area (Å²) in [5.74, 6) is 1.23. The molecule has 7 heteroatoms. The number of nitrogens with zero attached hydrogens (tertiary/aromatic N) is 2. The van der Waals surface area contributed by atoms with Gasteiger partial charge < -0.3 is 9.47 Å². The molecule has 0 aliphatic carbocycles. The highest BCUT2D eigenvalue weighted by atomic mass is 32.2. The number of carbonyl (C=O) groups is 1. The van der Waals surface area contributed by atoms with Crippen LogP contribution in [0.5, 0.6) is 5.75 Å². The number of thiazole rings is 1. The first-order valence-corrected chi connectivity index (χ1v) is 9.99. The number of ether oxygens (including phenoxy) is 2. The van der Waals surface area contributed by atoms with E-state index in [4.69, 9.17) is 9.47 Å². The van der Waals surface area contributed by atoms with Crippen molar-refractivity contribution in [2.75, 3.05) is 19.5 Å². The lowest BCUT2D eigenvalue weighted by Gasteiger charge is -2.04. The topological polar surface area (TPSA) is 60.8 Å². The Morgan fingerprint density at radius 1 is 1.40 bits per heavy atom. The lowest BCUT2D eigenvalue weighted by Crippen LogP contribution is -2.19. The maximum Gasteiger partial charge on any atom is 0.331 e. The van der Waals surface area contributed by atoms with Crippen LogP contribution in [0.3, 0.4) is 0 Å². The van der Waals surface area contributed by atoms with Gasteiger partial charge in [0.05, 0.1) is 29.0 Å². The molecule has 2 heterocycles. The molecule has 2 aromatic rings. The van der Waals surface area contributed by atoms with Gasteiger partial charge in [-0.05, 0) is 36.8 Å². The SMILES string of the molecule is CCCCOc1ccc2nc(/C=C/C3=N[C@@H](C(=O)OC)CS3)sc2c1. The predicted octanol–water partition coefficient (Wildman–Crippen LogP) is 4.18.